The Morgan fingerprint density at radius 2 is 2.05 bits per heavy atom. The first kappa shape index (κ1) is 14.6. The summed E-state index contributed by atoms with van der Waals surface area (Å²) in [5.74, 6) is -2.05. The Bertz CT molecular complexity index is 454. The van der Waals surface area contributed by atoms with E-state index in [9.17, 15) is 14.4 Å². The van der Waals surface area contributed by atoms with E-state index in [1.165, 1.54) is 18.4 Å². The number of carbonyl (C=O) groups excluding carboxylic acids is 2. The second-order valence-electron chi connectivity index (χ2n) is 3.43. The number of aliphatic carboxylic acids is 1. The third-order valence-corrected chi connectivity index (χ3v) is 2.26. The van der Waals surface area contributed by atoms with Crippen LogP contribution in [-0.4, -0.2) is 48.8 Å². The molecule has 1 rings (SSSR count). The Balaban J connectivity index is 3.13. The Morgan fingerprint density at radius 1 is 1.37 bits per heavy atom. The van der Waals surface area contributed by atoms with Gasteiger partial charge in [-0.1, -0.05) is 0 Å². The zero-order chi connectivity index (χ0) is 14.4. The third-order valence-electron chi connectivity index (χ3n) is 2.26. The molecule has 8 nitrogen and oxygen atoms in total. The largest absolute Gasteiger partial charge is 0.480 e. The molecule has 8 heteroatoms. The predicted molar refractivity (Wildman–Crippen MR) is 60.2 cm³/mol. The first-order chi connectivity index (χ1) is 9.01. The van der Waals surface area contributed by atoms with Gasteiger partial charge in [0.05, 0.1) is 20.5 Å². The number of esters is 1. The van der Waals surface area contributed by atoms with Gasteiger partial charge in [0.2, 0.25) is 0 Å². The molecule has 1 aromatic heterocycles. The normalized spacial score (nSPS) is 11.5. The molecular formula is C11H13NO7. The molecule has 0 aliphatic carbocycles. The van der Waals surface area contributed by atoms with E-state index in [-0.39, 0.29) is 5.76 Å². The molecule has 104 valence electrons. The van der Waals surface area contributed by atoms with Crippen LogP contribution in [0.5, 0.6) is 0 Å². The van der Waals surface area contributed by atoms with Crippen LogP contribution >= 0.6 is 0 Å². The summed E-state index contributed by atoms with van der Waals surface area (Å²) in [6.45, 7) is -0.729. The number of ether oxygens (including phenoxy) is 2. The van der Waals surface area contributed by atoms with E-state index >= 15 is 0 Å². The number of rotatable bonds is 5. The van der Waals surface area contributed by atoms with E-state index in [4.69, 9.17) is 9.52 Å². The number of hydrogen-bond acceptors (Lipinski definition) is 6. The fourth-order valence-electron chi connectivity index (χ4n) is 1.48. The second kappa shape index (κ2) is 6.43. The van der Waals surface area contributed by atoms with E-state index in [1.54, 1.807) is 0 Å². The van der Waals surface area contributed by atoms with E-state index in [0.717, 1.165) is 14.2 Å². The molecule has 1 aromatic rings. The number of hydrogen-bond donors (Lipinski definition) is 1. The topological polar surface area (TPSA) is 106 Å². The molecule has 0 radical (unpaired) electrons. The van der Waals surface area contributed by atoms with Gasteiger partial charge in [-0.05, 0) is 12.1 Å². The quantitative estimate of drug-likeness (QED) is 0.783. The molecular weight excluding hydrogens is 258 g/mol. The zero-order valence-electron chi connectivity index (χ0n) is 10.4. The van der Waals surface area contributed by atoms with Crippen LogP contribution in [0.3, 0.4) is 0 Å². The van der Waals surface area contributed by atoms with Gasteiger partial charge in [0.1, 0.15) is 12.3 Å². The maximum atomic E-state index is 11.7. The molecule has 0 bridgehead atoms. The van der Waals surface area contributed by atoms with Crippen molar-refractivity contribution in [1.29, 1.82) is 0 Å². The summed E-state index contributed by atoms with van der Waals surface area (Å²) in [4.78, 5) is 34.8. The van der Waals surface area contributed by atoms with Crippen molar-refractivity contribution >= 4 is 18.0 Å². The van der Waals surface area contributed by atoms with Gasteiger partial charge in [0.25, 0.3) is 0 Å². The van der Waals surface area contributed by atoms with Crippen molar-refractivity contribution in [2.45, 2.75) is 6.04 Å². The van der Waals surface area contributed by atoms with Gasteiger partial charge in [-0.2, -0.15) is 0 Å². The van der Waals surface area contributed by atoms with E-state index in [0.29, 0.717) is 4.90 Å². The maximum absolute atomic E-state index is 11.7. The van der Waals surface area contributed by atoms with Crippen molar-refractivity contribution in [2.24, 2.45) is 0 Å². The minimum Gasteiger partial charge on any atom is -0.480 e. The minimum atomic E-state index is -1.32. The minimum absolute atomic E-state index is 0.0819. The van der Waals surface area contributed by atoms with Crippen LogP contribution < -0.4 is 0 Å². The summed E-state index contributed by atoms with van der Waals surface area (Å²) in [6.07, 6.45) is 0.316. The number of amides is 1. The fraction of sp³-hybridized carbons (Fsp3) is 0.364. The Kier molecular flexibility index (Phi) is 4.92. The van der Waals surface area contributed by atoms with Crippen LogP contribution in [0.1, 0.15) is 11.8 Å². The number of carbonyl (C=O) groups is 3. The second-order valence-corrected chi connectivity index (χ2v) is 3.43. The lowest BCUT2D eigenvalue weighted by Crippen LogP contribution is -2.42. The summed E-state index contributed by atoms with van der Waals surface area (Å²) >= 11 is 0. The number of carboxylic acid groups (broad SMARTS) is 1. The van der Waals surface area contributed by atoms with Crippen LogP contribution in [0, 0.1) is 0 Å². The van der Waals surface area contributed by atoms with Gasteiger partial charge in [-0.3, -0.25) is 9.69 Å². The van der Waals surface area contributed by atoms with E-state index in [1.807, 2.05) is 0 Å². The van der Waals surface area contributed by atoms with Crippen LogP contribution in [0.25, 0.3) is 0 Å². The summed E-state index contributed by atoms with van der Waals surface area (Å²) in [7, 11) is 2.20. The fourth-order valence-corrected chi connectivity index (χ4v) is 1.48. The van der Waals surface area contributed by atoms with E-state index < -0.39 is 30.6 Å². The highest BCUT2D eigenvalue weighted by Crippen LogP contribution is 2.23. The van der Waals surface area contributed by atoms with Crippen LogP contribution in [0.2, 0.25) is 0 Å². The first-order valence-corrected chi connectivity index (χ1v) is 5.18. The molecule has 0 saturated heterocycles. The van der Waals surface area contributed by atoms with Crippen molar-refractivity contribution < 1.29 is 33.4 Å². The smallest absolute Gasteiger partial charge is 0.411 e. The SMILES string of the molecule is COC(=O)C(c1ccco1)N(CC(=O)O)C(=O)OC. The molecule has 0 saturated carbocycles. The maximum Gasteiger partial charge on any atom is 0.411 e. The zero-order valence-corrected chi connectivity index (χ0v) is 10.4. The highest BCUT2D eigenvalue weighted by molar-refractivity contribution is 5.85. The Hall–Kier alpha value is -2.51. The summed E-state index contributed by atoms with van der Waals surface area (Å²) in [5.41, 5.74) is 0. The molecule has 1 N–H and O–H groups in total. The number of carboxylic acids is 1. The third kappa shape index (κ3) is 3.47. The molecule has 1 heterocycles. The molecule has 0 spiro atoms. The summed E-state index contributed by atoms with van der Waals surface area (Å²) in [5, 5.41) is 8.80. The van der Waals surface area contributed by atoms with Crippen molar-refractivity contribution in [2.75, 3.05) is 20.8 Å². The monoisotopic (exact) mass is 271 g/mol. The van der Waals surface area contributed by atoms with E-state index in [2.05, 4.69) is 9.47 Å². The molecule has 0 fully saturated rings. The molecule has 0 aromatic carbocycles. The first-order valence-electron chi connectivity index (χ1n) is 5.18. The summed E-state index contributed by atoms with van der Waals surface area (Å²) < 4.78 is 14.0. The van der Waals surface area contributed by atoms with Crippen molar-refractivity contribution in [3.05, 3.63) is 24.2 Å². The molecule has 1 amide bonds. The van der Waals surface area contributed by atoms with Crippen molar-refractivity contribution in [3.8, 4) is 0 Å². The standard InChI is InChI=1S/C11H13NO7/c1-17-10(15)9(7-4-3-5-19-7)12(6-8(13)14)11(16)18-2/h3-5,9H,6H2,1-2H3,(H,13,14). The average Bonchev–Trinajstić information content (AvgIpc) is 2.90. The van der Waals surface area contributed by atoms with Crippen molar-refractivity contribution in [1.82, 2.24) is 4.90 Å². The van der Waals surface area contributed by atoms with Gasteiger partial charge in [-0.15, -0.1) is 0 Å². The average molecular weight is 271 g/mol. The number of methoxy groups -OCH3 is 2. The lowest BCUT2D eigenvalue weighted by molar-refractivity contribution is -0.149. The predicted octanol–water partition coefficient (Wildman–Crippen LogP) is 0.647. The molecule has 19 heavy (non-hydrogen) atoms. The molecule has 1 atom stereocenters. The molecule has 0 aliphatic rings. The highest BCUT2D eigenvalue weighted by Gasteiger charge is 2.36. The summed E-state index contributed by atoms with van der Waals surface area (Å²) in [6, 6.07) is 1.62. The van der Waals surface area contributed by atoms with Gasteiger partial charge in [0, 0.05) is 0 Å². The van der Waals surface area contributed by atoms with Gasteiger partial charge < -0.3 is 19.0 Å². The number of nitrogens with zero attached hydrogens (tertiary/aromatic N) is 1. The molecule has 1 unspecified atom stereocenters. The highest BCUT2D eigenvalue weighted by atomic mass is 16.5. The van der Waals surface area contributed by atoms with Crippen LogP contribution in [-0.2, 0) is 19.1 Å². The van der Waals surface area contributed by atoms with Crippen molar-refractivity contribution in [3.63, 3.8) is 0 Å². The van der Waals surface area contributed by atoms with Gasteiger partial charge in [0.15, 0.2) is 6.04 Å². The lowest BCUT2D eigenvalue weighted by Gasteiger charge is -2.25. The molecule has 0 aliphatic heterocycles. The van der Waals surface area contributed by atoms with Gasteiger partial charge in [-0.25, -0.2) is 9.59 Å². The Labute approximate surface area is 108 Å². The lowest BCUT2D eigenvalue weighted by atomic mass is 10.2. The number of furan rings is 1. The van der Waals surface area contributed by atoms with Crippen LogP contribution in [0.4, 0.5) is 4.79 Å². The Morgan fingerprint density at radius 3 is 2.47 bits per heavy atom. The van der Waals surface area contributed by atoms with Gasteiger partial charge >= 0.3 is 18.0 Å². The van der Waals surface area contributed by atoms with Crippen LogP contribution in [0.15, 0.2) is 22.8 Å².